The Hall–Kier alpha value is -1.18. The number of anilines is 1. The van der Waals surface area contributed by atoms with Gasteiger partial charge in [0.15, 0.2) is 0 Å². The average molecular weight is 163 g/mol. The van der Waals surface area contributed by atoms with Crippen LogP contribution in [0.2, 0.25) is 0 Å². The number of benzene rings is 1. The summed E-state index contributed by atoms with van der Waals surface area (Å²) in [5, 5.41) is 12.9. The third kappa shape index (κ3) is 1.04. The van der Waals surface area contributed by atoms with Crippen molar-refractivity contribution in [3.05, 3.63) is 23.3 Å². The van der Waals surface area contributed by atoms with Gasteiger partial charge >= 0.3 is 0 Å². The zero-order valence-electron chi connectivity index (χ0n) is 7.22. The molecule has 1 aliphatic heterocycles. The maximum atomic E-state index is 9.54. The molecule has 0 atom stereocenters. The minimum Gasteiger partial charge on any atom is -0.508 e. The highest BCUT2D eigenvalue weighted by Crippen LogP contribution is 2.32. The molecule has 0 amide bonds. The Morgan fingerprint density at radius 3 is 3.00 bits per heavy atom. The molecular formula is C10H13NO. The third-order valence-corrected chi connectivity index (χ3v) is 2.40. The largest absolute Gasteiger partial charge is 0.508 e. The highest BCUT2D eigenvalue weighted by molar-refractivity contribution is 5.63. The van der Waals surface area contributed by atoms with Crippen LogP contribution in [0.4, 0.5) is 5.69 Å². The van der Waals surface area contributed by atoms with Crippen molar-refractivity contribution >= 4 is 5.69 Å². The molecule has 1 aromatic carbocycles. The van der Waals surface area contributed by atoms with Gasteiger partial charge in [0.25, 0.3) is 0 Å². The lowest BCUT2D eigenvalue weighted by Crippen LogP contribution is -2.12. The van der Waals surface area contributed by atoms with Gasteiger partial charge in [0.2, 0.25) is 0 Å². The average Bonchev–Trinajstić information content (AvgIpc) is 2.12. The van der Waals surface area contributed by atoms with Crippen molar-refractivity contribution < 1.29 is 5.11 Å². The highest BCUT2D eigenvalue weighted by Gasteiger charge is 2.13. The predicted molar refractivity (Wildman–Crippen MR) is 49.7 cm³/mol. The highest BCUT2D eigenvalue weighted by atomic mass is 16.3. The fourth-order valence-corrected chi connectivity index (χ4v) is 1.73. The molecule has 0 saturated carbocycles. The quantitative estimate of drug-likeness (QED) is 0.613. The summed E-state index contributed by atoms with van der Waals surface area (Å²) in [5.41, 5.74) is 3.45. The molecule has 2 N–H and O–H groups in total. The van der Waals surface area contributed by atoms with E-state index >= 15 is 0 Å². The minimum absolute atomic E-state index is 0.433. The number of aromatic hydroxyl groups is 1. The minimum atomic E-state index is 0.433. The van der Waals surface area contributed by atoms with E-state index in [2.05, 4.69) is 12.2 Å². The van der Waals surface area contributed by atoms with E-state index in [-0.39, 0.29) is 0 Å². The summed E-state index contributed by atoms with van der Waals surface area (Å²) in [6.07, 6.45) is 2.11. The zero-order valence-corrected chi connectivity index (χ0v) is 7.22. The van der Waals surface area contributed by atoms with Crippen molar-refractivity contribution in [1.29, 1.82) is 0 Å². The molecule has 2 rings (SSSR count). The number of fused-ring (bicyclic) bond motifs is 1. The van der Waals surface area contributed by atoms with Crippen LogP contribution in [0.3, 0.4) is 0 Å². The normalized spacial score (nSPS) is 15.1. The van der Waals surface area contributed by atoms with Gasteiger partial charge < -0.3 is 10.4 Å². The van der Waals surface area contributed by atoms with E-state index in [4.69, 9.17) is 0 Å². The van der Waals surface area contributed by atoms with Gasteiger partial charge in [-0.05, 0) is 31.4 Å². The summed E-state index contributed by atoms with van der Waals surface area (Å²) < 4.78 is 0. The van der Waals surface area contributed by atoms with Crippen molar-refractivity contribution in [2.75, 3.05) is 11.9 Å². The van der Waals surface area contributed by atoms with Crippen LogP contribution in [0.5, 0.6) is 5.75 Å². The third-order valence-electron chi connectivity index (χ3n) is 2.40. The molecule has 64 valence electrons. The Labute approximate surface area is 72.2 Å². The van der Waals surface area contributed by atoms with Gasteiger partial charge in [-0.25, -0.2) is 0 Å². The van der Waals surface area contributed by atoms with E-state index in [1.165, 1.54) is 5.56 Å². The van der Waals surface area contributed by atoms with Gasteiger partial charge in [0.05, 0.1) is 0 Å². The van der Waals surface area contributed by atoms with Crippen molar-refractivity contribution in [1.82, 2.24) is 0 Å². The second kappa shape index (κ2) is 2.70. The fraction of sp³-hybridized carbons (Fsp3) is 0.400. The molecule has 1 heterocycles. The summed E-state index contributed by atoms with van der Waals surface area (Å²) >= 11 is 0. The van der Waals surface area contributed by atoms with Gasteiger partial charge in [-0.3, -0.25) is 0 Å². The Bertz CT molecular complexity index is 276. The molecule has 0 fully saturated rings. The van der Waals surface area contributed by atoms with Crippen LogP contribution in [-0.4, -0.2) is 11.7 Å². The Balaban J connectivity index is 2.57. The lowest BCUT2D eigenvalue weighted by molar-refractivity contribution is 0.466. The molecule has 0 bridgehead atoms. The summed E-state index contributed by atoms with van der Waals surface area (Å²) in [4.78, 5) is 0. The Kier molecular flexibility index (Phi) is 1.68. The van der Waals surface area contributed by atoms with Crippen LogP contribution in [0.1, 0.15) is 17.5 Å². The van der Waals surface area contributed by atoms with Gasteiger partial charge in [-0.2, -0.15) is 0 Å². The molecular weight excluding hydrogens is 150 g/mol. The Morgan fingerprint density at radius 2 is 2.25 bits per heavy atom. The van der Waals surface area contributed by atoms with Crippen LogP contribution < -0.4 is 5.32 Å². The van der Waals surface area contributed by atoms with Crippen LogP contribution in [0.25, 0.3) is 0 Å². The first-order chi connectivity index (χ1) is 5.79. The van der Waals surface area contributed by atoms with Gasteiger partial charge in [0.1, 0.15) is 5.75 Å². The van der Waals surface area contributed by atoms with Gasteiger partial charge in [0, 0.05) is 17.8 Å². The summed E-state index contributed by atoms with van der Waals surface area (Å²) in [6.45, 7) is 3.09. The van der Waals surface area contributed by atoms with Crippen LogP contribution in [-0.2, 0) is 6.42 Å². The maximum Gasteiger partial charge on any atom is 0.120 e. The molecule has 12 heavy (non-hydrogen) atoms. The first kappa shape index (κ1) is 7.47. The van der Waals surface area contributed by atoms with Crippen LogP contribution >= 0.6 is 0 Å². The van der Waals surface area contributed by atoms with E-state index in [0.717, 1.165) is 30.6 Å². The first-order valence-electron chi connectivity index (χ1n) is 4.34. The number of phenols is 1. The van der Waals surface area contributed by atoms with Gasteiger partial charge in [-0.15, -0.1) is 0 Å². The van der Waals surface area contributed by atoms with E-state index in [0.29, 0.717) is 5.75 Å². The molecule has 0 radical (unpaired) electrons. The zero-order chi connectivity index (χ0) is 8.55. The number of aryl methyl sites for hydroxylation is 1. The summed E-state index contributed by atoms with van der Waals surface area (Å²) in [7, 11) is 0. The summed E-state index contributed by atoms with van der Waals surface area (Å²) in [5.74, 6) is 0.433. The lowest BCUT2D eigenvalue weighted by atomic mass is 9.99. The SMILES string of the molecule is Cc1ccc(O)c2c1NCCC2. The van der Waals surface area contributed by atoms with Crippen molar-refractivity contribution in [3.63, 3.8) is 0 Å². The summed E-state index contributed by atoms with van der Waals surface area (Å²) in [6, 6.07) is 3.73. The second-order valence-electron chi connectivity index (χ2n) is 3.29. The number of phenolic OH excluding ortho intramolecular Hbond substituents is 1. The number of hydrogen-bond acceptors (Lipinski definition) is 2. The van der Waals surface area contributed by atoms with Crippen LogP contribution in [0, 0.1) is 6.92 Å². The Morgan fingerprint density at radius 1 is 1.42 bits per heavy atom. The monoisotopic (exact) mass is 163 g/mol. The fourth-order valence-electron chi connectivity index (χ4n) is 1.73. The molecule has 1 aromatic rings. The van der Waals surface area contributed by atoms with Crippen molar-refractivity contribution in [3.8, 4) is 5.75 Å². The van der Waals surface area contributed by atoms with E-state index in [9.17, 15) is 5.11 Å². The molecule has 1 aliphatic rings. The second-order valence-corrected chi connectivity index (χ2v) is 3.29. The molecule has 0 spiro atoms. The smallest absolute Gasteiger partial charge is 0.120 e. The van der Waals surface area contributed by atoms with Crippen molar-refractivity contribution in [2.24, 2.45) is 0 Å². The van der Waals surface area contributed by atoms with Gasteiger partial charge in [-0.1, -0.05) is 6.07 Å². The maximum absolute atomic E-state index is 9.54. The standard InChI is InChI=1S/C10H13NO/c1-7-4-5-9(12)8-3-2-6-11-10(7)8/h4-5,11-12H,2-3,6H2,1H3. The number of rotatable bonds is 0. The van der Waals surface area contributed by atoms with E-state index in [1.54, 1.807) is 6.07 Å². The lowest BCUT2D eigenvalue weighted by Gasteiger charge is -2.20. The molecule has 0 aliphatic carbocycles. The first-order valence-corrected chi connectivity index (χ1v) is 4.34. The van der Waals surface area contributed by atoms with E-state index < -0.39 is 0 Å². The van der Waals surface area contributed by atoms with E-state index in [1.807, 2.05) is 6.07 Å². The molecule has 2 heteroatoms. The number of hydrogen-bond donors (Lipinski definition) is 2. The molecule has 0 saturated heterocycles. The van der Waals surface area contributed by atoms with Crippen LogP contribution in [0.15, 0.2) is 12.1 Å². The predicted octanol–water partition coefficient (Wildman–Crippen LogP) is 2.06. The topological polar surface area (TPSA) is 32.3 Å². The number of nitrogens with one attached hydrogen (secondary N) is 1. The molecule has 0 aromatic heterocycles. The van der Waals surface area contributed by atoms with Crippen molar-refractivity contribution in [2.45, 2.75) is 19.8 Å². The molecule has 2 nitrogen and oxygen atoms in total. The molecule has 0 unspecified atom stereocenters.